The molecular formula is C40H47N9O9. The molecule has 306 valence electrons. The van der Waals surface area contributed by atoms with Crippen molar-refractivity contribution in [3.63, 3.8) is 0 Å². The number of nitrogens with zero attached hydrogens (tertiary/aromatic N) is 6. The van der Waals surface area contributed by atoms with Gasteiger partial charge in [-0.25, -0.2) is 9.59 Å². The molecule has 18 nitrogen and oxygen atoms in total. The molecule has 0 spiro atoms. The number of benzene rings is 2. The minimum atomic E-state index is -1.20. The summed E-state index contributed by atoms with van der Waals surface area (Å²) in [5.74, 6) is -1.93. The lowest BCUT2D eigenvalue weighted by molar-refractivity contribution is -0.147. The molecule has 4 saturated heterocycles. The van der Waals surface area contributed by atoms with Crippen LogP contribution in [0, 0.1) is 6.92 Å². The Morgan fingerprint density at radius 2 is 1.69 bits per heavy atom. The predicted octanol–water partition coefficient (Wildman–Crippen LogP) is 2.20. The Hall–Kier alpha value is -6.20. The van der Waals surface area contributed by atoms with Crippen molar-refractivity contribution in [2.45, 2.75) is 89.6 Å². The van der Waals surface area contributed by atoms with Crippen LogP contribution in [0.2, 0.25) is 0 Å². The van der Waals surface area contributed by atoms with Crippen molar-refractivity contribution in [2.75, 3.05) is 44.2 Å². The Morgan fingerprint density at radius 1 is 0.914 bits per heavy atom. The van der Waals surface area contributed by atoms with E-state index in [-0.39, 0.29) is 49.5 Å². The monoisotopic (exact) mass is 797 g/mol. The molecule has 8 rings (SSSR count). The van der Waals surface area contributed by atoms with E-state index in [1.165, 1.54) is 9.47 Å². The summed E-state index contributed by atoms with van der Waals surface area (Å²) in [7, 11) is 0. The highest BCUT2D eigenvalue weighted by molar-refractivity contribution is 6.04. The number of aryl methyl sites for hydroxylation is 1. The summed E-state index contributed by atoms with van der Waals surface area (Å²) < 4.78 is 12.4. The molecule has 0 saturated carbocycles. The molecule has 18 heteroatoms. The maximum absolute atomic E-state index is 14.5. The molecule has 0 bridgehead atoms. The number of hydrogen-bond donors (Lipinski definition) is 3. The zero-order valence-corrected chi connectivity index (χ0v) is 32.9. The number of hydrogen-bond acceptors (Lipinski definition) is 11. The average Bonchev–Trinajstić information content (AvgIpc) is 3.88. The molecule has 0 aliphatic carbocycles. The number of imide groups is 1. The third-order valence-corrected chi connectivity index (χ3v) is 11.5. The second-order valence-corrected chi connectivity index (χ2v) is 16.5. The van der Waals surface area contributed by atoms with Crippen molar-refractivity contribution in [3.8, 4) is 0 Å². The highest BCUT2D eigenvalue weighted by atomic mass is 16.6. The van der Waals surface area contributed by atoms with E-state index in [4.69, 9.17) is 9.26 Å². The number of imidazole rings is 1. The highest BCUT2D eigenvalue weighted by Crippen LogP contribution is 2.32. The van der Waals surface area contributed by atoms with E-state index in [0.29, 0.717) is 67.4 Å². The molecular weight excluding hydrogens is 750 g/mol. The van der Waals surface area contributed by atoms with Gasteiger partial charge < -0.3 is 39.2 Å². The number of nitrogens with one attached hydrogen (secondary N) is 3. The van der Waals surface area contributed by atoms with Gasteiger partial charge in [0.25, 0.3) is 5.91 Å². The fourth-order valence-corrected chi connectivity index (χ4v) is 8.66. The number of H-pyrrole nitrogens is 1. The molecule has 3 N–H and O–H groups in total. The van der Waals surface area contributed by atoms with Gasteiger partial charge in [0, 0.05) is 50.9 Å². The van der Waals surface area contributed by atoms with Gasteiger partial charge in [-0.15, -0.1) is 0 Å². The number of aromatic nitrogens is 3. The first-order valence-electron chi connectivity index (χ1n) is 19.7. The smallest absolute Gasteiger partial charge is 0.408 e. The Balaban J connectivity index is 0.970. The topological polar surface area (TPSA) is 212 Å². The minimum absolute atomic E-state index is 0.122. The van der Waals surface area contributed by atoms with Crippen molar-refractivity contribution >= 4 is 63.3 Å². The normalized spacial score (nSPS) is 23.1. The zero-order valence-electron chi connectivity index (χ0n) is 32.9. The lowest BCUT2D eigenvalue weighted by Crippen LogP contribution is -2.62. The van der Waals surface area contributed by atoms with Gasteiger partial charge >= 0.3 is 11.8 Å². The van der Waals surface area contributed by atoms with Gasteiger partial charge in [-0.05, 0) is 83.7 Å². The van der Waals surface area contributed by atoms with E-state index in [1.54, 1.807) is 42.7 Å². The third kappa shape index (κ3) is 7.38. The largest absolute Gasteiger partial charge is 0.444 e. The minimum Gasteiger partial charge on any atom is -0.444 e. The first kappa shape index (κ1) is 38.7. The summed E-state index contributed by atoms with van der Waals surface area (Å²) in [6.45, 7) is 8.91. The first-order valence-corrected chi connectivity index (χ1v) is 19.7. The lowest BCUT2D eigenvalue weighted by Gasteiger charge is -2.41. The molecule has 1 unspecified atom stereocenters. The summed E-state index contributed by atoms with van der Waals surface area (Å²) in [6.07, 6.45) is 0.982. The molecule has 6 amide bonds. The maximum Gasteiger partial charge on any atom is 0.408 e. The van der Waals surface area contributed by atoms with E-state index >= 15 is 0 Å². The van der Waals surface area contributed by atoms with Gasteiger partial charge in [-0.3, -0.25) is 33.9 Å². The highest BCUT2D eigenvalue weighted by Gasteiger charge is 2.47. The van der Waals surface area contributed by atoms with Crippen molar-refractivity contribution in [2.24, 2.45) is 0 Å². The van der Waals surface area contributed by atoms with E-state index in [2.05, 4.69) is 25.7 Å². The van der Waals surface area contributed by atoms with Crippen LogP contribution in [-0.2, 0) is 23.9 Å². The molecule has 4 aromatic rings. The number of amides is 6. The molecule has 6 heterocycles. The van der Waals surface area contributed by atoms with E-state index in [0.717, 1.165) is 11.3 Å². The fourth-order valence-electron chi connectivity index (χ4n) is 8.66. The number of ether oxygens (including phenoxy) is 1. The number of anilines is 1. The fraction of sp³-hybridized carbons (Fsp3) is 0.500. The zero-order chi connectivity index (χ0) is 41.0. The van der Waals surface area contributed by atoms with Crippen LogP contribution in [-0.4, -0.2) is 128 Å². The van der Waals surface area contributed by atoms with E-state index in [1.807, 2.05) is 31.2 Å². The van der Waals surface area contributed by atoms with Gasteiger partial charge in [0.2, 0.25) is 23.6 Å². The van der Waals surface area contributed by atoms with Gasteiger partial charge in [0.05, 0.1) is 23.0 Å². The second kappa shape index (κ2) is 14.9. The molecule has 0 radical (unpaired) electrons. The van der Waals surface area contributed by atoms with Crippen LogP contribution in [0.1, 0.15) is 75.0 Å². The number of fused-ring (bicyclic) bond motifs is 3. The van der Waals surface area contributed by atoms with Crippen molar-refractivity contribution < 1.29 is 38.0 Å². The van der Waals surface area contributed by atoms with Crippen molar-refractivity contribution in [3.05, 3.63) is 58.1 Å². The summed E-state index contributed by atoms with van der Waals surface area (Å²) in [5.41, 5.74) is 2.17. The standard InChI is InChI=1S/C40H47N9O9/c1-22-5-11-31-25(19-22)33(44-58-31)37(54)47-14-13-23-6-9-30(48(23)35(52)27(21-47)42-39(56)57-40(2,3)4)36(53)46-17-15-45(16-18-46)24-7-8-28-26(20-24)41-38(55)49(28)29-10-12-32(50)43-34(29)51/h5,7-8,11,19-20,23,27,29-30H,6,9-10,12-18,21H2,1-4H3,(H,41,55)(H,42,56)(H,43,50,51)/t23-,27+,29?,30+/m1/s1. The van der Waals surface area contributed by atoms with Gasteiger partial charge in [-0.2, -0.15) is 0 Å². The second-order valence-electron chi connectivity index (χ2n) is 16.5. The Bertz CT molecular complexity index is 2380. The number of rotatable bonds is 5. The average molecular weight is 798 g/mol. The number of piperidine rings is 1. The molecule has 2 aromatic heterocycles. The molecule has 58 heavy (non-hydrogen) atoms. The summed E-state index contributed by atoms with van der Waals surface area (Å²) in [4.78, 5) is 103. The van der Waals surface area contributed by atoms with Gasteiger partial charge in [-0.1, -0.05) is 16.8 Å². The Kier molecular flexibility index (Phi) is 9.97. The number of piperazine rings is 1. The molecule has 4 fully saturated rings. The molecule has 4 atom stereocenters. The molecule has 2 aromatic carbocycles. The number of alkyl carbamates (subject to hydrolysis) is 1. The Labute approximate surface area is 332 Å². The van der Waals surface area contributed by atoms with E-state index in [9.17, 15) is 33.6 Å². The third-order valence-electron chi connectivity index (χ3n) is 11.5. The van der Waals surface area contributed by atoms with Gasteiger partial charge in [0.1, 0.15) is 23.7 Å². The van der Waals surface area contributed by atoms with Crippen LogP contribution in [0.3, 0.4) is 0 Å². The predicted molar refractivity (Wildman–Crippen MR) is 209 cm³/mol. The van der Waals surface area contributed by atoms with Crippen LogP contribution >= 0.6 is 0 Å². The van der Waals surface area contributed by atoms with Crippen LogP contribution in [0.25, 0.3) is 22.0 Å². The van der Waals surface area contributed by atoms with Crippen LogP contribution in [0.5, 0.6) is 0 Å². The lowest BCUT2D eigenvalue weighted by atomic mass is 10.1. The quantitative estimate of drug-likeness (QED) is 0.249. The number of carbonyl (C=O) groups excluding carboxylic acids is 6. The van der Waals surface area contributed by atoms with Crippen LogP contribution < -0.4 is 21.2 Å². The number of carbonyl (C=O) groups is 6. The van der Waals surface area contributed by atoms with Crippen LogP contribution in [0.15, 0.2) is 45.7 Å². The van der Waals surface area contributed by atoms with Crippen molar-refractivity contribution in [1.82, 2.24) is 40.0 Å². The summed E-state index contributed by atoms with van der Waals surface area (Å²) in [5, 5.41) is 9.65. The summed E-state index contributed by atoms with van der Waals surface area (Å²) in [6, 6.07) is 7.85. The van der Waals surface area contributed by atoms with Crippen LogP contribution in [0.4, 0.5) is 10.5 Å². The first-order chi connectivity index (χ1) is 27.6. The maximum atomic E-state index is 14.5. The van der Waals surface area contributed by atoms with E-state index < -0.39 is 53.2 Å². The SMILES string of the molecule is Cc1ccc2onc(C(=O)N3CC[C@H]4CC[C@@H](C(=O)N5CCN(c6ccc7c(c6)[nH]c(=O)n7C6CCC(=O)NC6=O)CC5)N4C(=O)[C@@H](NC(=O)OC(C)(C)C)C3)c2c1. The van der Waals surface area contributed by atoms with Crippen molar-refractivity contribution in [1.29, 1.82) is 0 Å². The molecule has 4 aliphatic rings. The van der Waals surface area contributed by atoms with Gasteiger partial charge in [0.15, 0.2) is 11.3 Å². The molecule has 4 aliphatic heterocycles. The summed E-state index contributed by atoms with van der Waals surface area (Å²) >= 11 is 0. The Morgan fingerprint density at radius 3 is 2.43 bits per heavy atom. The number of aromatic amines is 1.